The standard InChI is InChI=1S/C25H30N4O4/c1-28-20(11-12-22(30)27-19-5-3-2-4-6-19)15-26-24(31)23-21(28)13-14-29(23)16-17-7-9-18(10-8-17)25(32)33/h2-10,20-21,23H,11-16H2,1H3,(H,26,31)(H,27,30)(H,32,33)/t20-,21+,23-/m0/s1. The lowest BCUT2D eigenvalue weighted by Gasteiger charge is -2.33. The number of carboxylic acids is 1. The van der Waals surface area contributed by atoms with Crippen LogP contribution in [0.5, 0.6) is 0 Å². The first-order chi connectivity index (χ1) is 15.9. The molecule has 2 heterocycles. The summed E-state index contributed by atoms with van der Waals surface area (Å²) >= 11 is 0. The summed E-state index contributed by atoms with van der Waals surface area (Å²) in [5, 5.41) is 15.1. The molecule has 2 aromatic rings. The molecule has 2 aliphatic heterocycles. The van der Waals surface area contributed by atoms with Gasteiger partial charge in [-0.1, -0.05) is 30.3 Å². The van der Waals surface area contributed by atoms with Gasteiger partial charge in [0, 0.05) is 43.8 Å². The molecule has 8 heteroatoms. The van der Waals surface area contributed by atoms with Gasteiger partial charge in [-0.15, -0.1) is 0 Å². The number of likely N-dealkylation sites (N-methyl/N-ethyl adjacent to an activating group) is 1. The molecule has 0 aliphatic carbocycles. The van der Waals surface area contributed by atoms with Crippen LogP contribution in [-0.2, 0) is 16.1 Å². The SMILES string of the molecule is CN1[C@@H](CCC(=O)Nc2ccccc2)CNC(=O)[C@@H]2[C@H]1CCN2Cc1ccc(C(=O)O)cc1. The van der Waals surface area contributed by atoms with Gasteiger partial charge >= 0.3 is 5.97 Å². The van der Waals surface area contributed by atoms with Crippen LogP contribution in [0.25, 0.3) is 0 Å². The maximum absolute atomic E-state index is 13.0. The molecule has 0 aromatic heterocycles. The highest BCUT2D eigenvalue weighted by Gasteiger charge is 2.44. The van der Waals surface area contributed by atoms with E-state index in [-0.39, 0.29) is 35.5 Å². The van der Waals surface area contributed by atoms with Crippen molar-refractivity contribution in [3.63, 3.8) is 0 Å². The van der Waals surface area contributed by atoms with Crippen molar-refractivity contribution in [2.45, 2.75) is 43.9 Å². The van der Waals surface area contributed by atoms with Crippen LogP contribution >= 0.6 is 0 Å². The molecule has 0 saturated carbocycles. The van der Waals surface area contributed by atoms with Crippen molar-refractivity contribution in [2.24, 2.45) is 0 Å². The molecule has 0 bridgehead atoms. The number of anilines is 1. The number of rotatable bonds is 7. The average Bonchev–Trinajstić information content (AvgIpc) is 3.18. The number of hydrogen-bond donors (Lipinski definition) is 3. The van der Waals surface area contributed by atoms with Crippen molar-refractivity contribution in [3.8, 4) is 0 Å². The van der Waals surface area contributed by atoms with Crippen LogP contribution in [0.4, 0.5) is 5.69 Å². The zero-order chi connectivity index (χ0) is 23.4. The fraction of sp³-hybridized carbons (Fsp3) is 0.400. The molecule has 0 unspecified atom stereocenters. The van der Waals surface area contributed by atoms with Gasteiger partial charge in [0.25, 0.3) is 0 Å². The molecule has 0 spiro atoms. The number of benzene rings is 2. The van der Waals surface area contributed by atoms with Crippen LogP contribution in [0.3, 0.4) is 0 Å². The number of carbonyl (C=O) groups excluding carboxylic acids is 2. The van der Waals surface area contributed by atoms with Crippen molar-refractivity contribution in [1.29, 1.82) is 0 Å². The number of carbonyl (C=O) groups is 3. The van der Waals surface area contributed by atoms with E-state index in [4.69, 9.17) is 5.11 Å². The highest BCUT2D eigenvalue weighted by Crippen LogP contribution is 2.28. The monoisotopic (exact) mass is 450 g/mol. The third kappa shape index (κ3) is 5.40. The van der Waals surface area contributed by atoms with Gasteiger partial charge in [0.1, 0.15) is 6.04 Å². The maximum Gasteiger partial charge on any atom is 0.335 e. The van der Waals surface area contributed by atoms with E-state index in [2.05, 4.69) is 20.4 Å². The molecule has 0 radical (unpaired) electrons. The quantitative estimate of drug-likeness (QED) is 0.598. The van der Waals surface area contributed by atoms with Crippen LogP contribution in [0.2, 0.25) is 0 Å². The number of hydrogen-bond acceptors (Lipinski definition) is 5. The molecule has 33 heavy (non-hydrogen) atoms. The number of carboxylic acid groups (broad SMARTS) is 1. The number of fused-ring (bicyclic) bond motifs is 1. The van der Waals surface area contributed by atoms with Gasteiger partial charge < -0.3 is 15.7 Å². The lowest BCUT2D eigenvalue weighted by atomic mass is 10.0. The van der Waals surface area contributed by atoms with Crippen LogP contribution < -0.4 is 10.6 Å². The zero-order valence-corrected chi connectivity index (χ0v) is 18.7. The Balaban J connectivity index is 1.36. The largest absolute Gasteiger partial charge is 0.478 e. The Morgan fingerprint density at radius 3 is 2.55 bits per heavy atom. The van der Waals surface area contributed by atoms with Gasteiger partial charge in [-0.2, -0.15) is 0 Å². The third-order valence-electron chi connectivity index (χ3n) is 6.70. The fourth-order valence-electron chi connectivity index (χ4n) is 4.86. The second-order valence-corrected chi connectivity index (χ2v) is 8.79. The highest BCUT2D eigenvalue weighted by atomic mass is 16.4. The lowest BCUT2D eigenvalue weighted by molar-refractivity contribution is -0.126. The second kappa shape index (κ2) is 10.1. The lowest BCUT2D eigenvalue weighted by Crippen LogP contribution is -2.49. The topological polar surface area (TPSA) is 102 Å². The molecule has 2 fully saturated rings. The summed E-state index contributed by atoms with van der Waals surface area (Å²) in [6.45, 7) is 1.89. The Morgan fingerprint density at radius 1 is 1.12 bits per heavy atom. The Morgan fingerprint density at radius 2 is 1.85 bits per heavy atom. The normalized spacial score (nSPS) is 23.4. The van der Waals surface area contributed by atoms with E-state index in [1.807, 2.05) is 49.5 Å². The molecule has 3 N–H and O–H groups in total. The summed E-state index contributed by atoms with van der Waals surface area (Å²) < 4.78 is 0. The van der Waals surface area contributed by atoms with Gasteiger partial charge in [-0.05, 0) is 49.7 Å². The fourth-order valence-corrected chi connectivity index (χ4v) is 4.86. The van der Waals surface area contributed by atoms with Crippen molar-refractivity contribution in [3.05, 3.63) is 65.7 Å². The van der Waals surface area contributed by atoms with E-state index in [0.29, 0.717) is 25.9 Å². The molecule has 2 aliphatic rings. The van der Waals surface area contributed by atoms with Crippen LogP contribution in [0, 0.1) is 0 Å². The summed E-state index contributed by atoms with van der Waals surface area (Å²) in [5.74, 6) is -0.960. The van der Waals surface area contributed by atoms with Gasteiger partial charge in [0.15, 0.2) is 0 Å². The Labute approximate surface area is 193 Å². The average molecular weight is 451 g/mol. The number of nitrogens with zero attached hydrogens (tertiary/aromatic N) is 2. The van der Waals surface area contributed by atoms with Crippen LogP contribution in [0.1, 0.15) is 35.2 Å². The predicted octanol–water partition coefficient (Wildman–Crippen LogP) is 2.18. The molecular formula is C25H30N4O4. The van der Waals surface area contributed by atoms with Gasteiger partial charge in [0.2, 0.25) is 11.8 Å². The second-order valence-electron chi connectivity index (χ2n) is 8.79. The maximum atomic E-state index is 13.0. The third-order valence-corrected chi connectivity index (χ3v) is 6.70. The summed E-state index contributed by atoms with van der Waals surface area (Å²) in [6.07, 6.45) is 1.92. The molecule has 4 rings (SSSR count). The number of para-hydroxylation sites is 1. The first kappa shape index (κ1) is 22.9. The number of nitrogens with one attached hydrogen (secondary N) is 2. The Kier molecular flexibility index (Phi) is 7.05. The Hall–Kier alpha value is -3.23. The first-order valence-corrected chi connectivity index (χ1v) is 11.3. The van der Waals surface area contributed by atoms with Crippen LogP contribution in [-0.4, -0.2) is 71.0 Å². The summed E-state index contributed by atoms with van der Waals surface area (Å²) in [4.78, 5) is 40.9. The molecule has 174 valence electrons. The zero-order valence-electron chi connectivity index (χ0n) is 18.7. The van der Waals surface area contributed by atoms with Gasteiger partial charge in [-0.3, -0.25) is 19.4 Å². The van der Waals surface area contributed by atoms with Crippen molar-refractivity contribution >= 4 is 23.5 Å². The molecule has 2 amide bonds. The van der Waals surface area contributed by atoms with E-state index in [1.54, 1.807) is 12.1 Å². The minimum atomic E-state index is -0.948. The van der Waals surface area contributed by atoms with Crippen molar-refractivity contribution in [2.75, 3.05) is 25.5 Å². The minimum absolute atomic E-state index is 0.0164. The molecule has 2 aromatic carbocycles. The smallest absolute Gasteiger partial charge is 0.335 e. The van der Waals surface area contributed by atoms with E-state index < -0.39 is 5.97 Å². The first-order valence-electron chi connectivity index (χ1n) is 11.3. The Bertz CT molecular complexity index is 995. The van der Waals surface area contributed by atoms with E-state index in [1.165, 1.54) is 0 Å². The number of amides is 2. The van der Waals surface area contributed by atoms with E-state index in [9.17, 15) is 14.4 Å². The highest BCUT2D eigenvalue weighted by molar-refractivity contribution is 5.90. The predicted molar refractivity (Wildman–Crippen MR) is 125 cm³/mol. The minimum Gasteiger partial charge on any atom is -0.478 e. The molecular weight excluding hydrogens is 420 g/mol. The number of likely N-dealkylation sites (tertiary alicyclic amines) is 1. The van der Waals surface area contributed by atoms with E-state index in [0.717, 1.165) is 24.2 Å². The van der Waals surface area contributed by atoms with Gasteiger partial charge in [0.05, 0.1) is 5.56 Å². The van der Waals surface area contributed by atoms with Crippen molar-refractivity contribution < 1.29 is 19.5 Å². The van der Waals surface area contributed by atoms with Crippen LogP contribution in [0.15, 0.2) is 54.6 Å². The molecule has 2 saturated heterocycles. The van der Waals surface area contributed by atoms with E-state index >= 15 is 0 Å². The molecule has 8 nitrogen and oxygen atoms in total. The van der Waals surface area contributed by atoms with Crippen molar-refractivity contribution in [1.82, 2.24) is 15.1 Å². The molecule has 3 atom stereocenters. The number of aromatic carboxylic acids is 1. The van der Waals surface area contributed by atoms with Gasteiger partial charge in [-0.25, -0.2) is 4.79 Å². The summed E-state index contributed by atoms with van der Waals surface area (Å²) in [5.41, 5.74) is 2.02. The summed E-state index contributed by atoms with van der Waals surface area (Å²) in [6, 6.07) is 16.1. The summed E-state index contributed by atoms with van der Waals surface area (Å²) in [7, 11) is 2.04.